The van der Waals surface area contributed by atoms with Crippen molar-refractivity contribution >= 4 is 22.7 Å². The quantitative estimate of drug-likeness (QED) is 0.533. The lowest BCUT2D eigenvalue weighted by molar-refractivity contribution is -0.146. The van der Waals surface area contributed by atoms with Crippen LogP contribution in [0, 0.1) is 0 Å². The van der Waals surface area contributed by atoms with E-state index < -0.39 is 12.1 Å². The molecule has 0 bridgehead atoms. The first-order valence-electron chi connectivity index (χ1n) is 8.80. The number of para-hydroxylation sites is 1. The third kappa shape index (κ3) is 3.51. The number of benzene rings is 2. The normalized spacial score (nSPS) is 13.5. The Labute approximate surface area is 156 Å². The van der Waals surface area contributed by atoms with Gasteiger partial charge in [-0.2, -0.15) is 0 Å². The number of aromatic nitrogens is 1. The van der Waals surface area contributed by atoms with Crippen molar-refractivity contribution < 1.29 is 23.8 Å². The van der Waals surface area contributed by atoms with Gasteiger partial charge in [0, 0.05) is 29.1 Å². The summed E-state index contributed by atoms with van der Waals surface area (Å²) in [4.78, 5) is 27.9. The van der Waals surface area contributed by atoms with Gasteiger partial charge in [0.1, 0.15) is 0 Å². The smallest absolute Gasteiger partial charge is 0.306 e. The van der Waals surface area contributed by atoms with E-state index in [0.29, 0.717) is 23.5 Å². The fourth-order valence-electron chi connectivity index (χ4n) is 3.15. The second-order valence-electron chi connectivity index (χ2n) is 6.43. The zero-order chi connectivity index (χ0) is 18.8. The molecule has 1 N–H and O–H groups in total. The van der Waals surface area contributed by atoms with Gasteiger partial charge in [-0.05, 0) is 37.1 Å². The molecule has 4 rings (SSSR count). The van der Waals surface area contributed by atoms with Gasteiger partial charge in [0.05, 0.1) is 0 Å². The number of hydrogen-bond acceptors (Lipinski definition) is 5. The Kier molecular flexibility index (Phi) is 4.54. The van der Waals surface area contributed by atoms with E-state index in [1.54, 1.807) is 13.1 Å². The molecule has 27 heavy (non-hydrogen) atoms. The molecule has 2 heterocycles. The molecule has 0 spiro atoms. The highest BCUT2D eigenvalue weighted by Crippen LogP contribution is 2.32. The van der Waals surface area contributed by atoms with E-state index in [1.807, 2.05) is 42.5 Å². The maximum absolute atomic E-state index is 12.6. The minimum Gasteiger partial charge on any atom is -0.454 e. The topological polar surface area (TPSA) is 77.6 Å². The average molecular weight is 365 g/mol. The second-order valence-corrected chi connectivity index (χ2v) is 6.43. The number of carbonyl (C=O) groups excluding carboxylic acids is 2. The van der Waals surface area contributed by atoms with E-state index in [9.17, 15) is 9.59 Å². The van der Waals surface area contributed by atoms with Crippen LogP contribution in [0.4, 0.5) is 0 Å². The van der Waals surface area contributed by atoms with Crippen LogP contribution >= 0.6 is 0 Å². The largest absolute Gasteiger partial charge is 0.454 e. The number of aryl methyl sites for hydroxylation is 1. The molecule has 0 aliphatic carbocycles. The van der Waals surface area contributed by atoms with Crippen molar-refractivity contribution in [3.63, 3.8) is 0 Å². The predicted octanol–water partition coefficient (Wildman–Crippen LogP) is 3.64. The molecule has 0 saturated heterocycles. The SMILES string of the molecule is CC(OC(=O)CCc1ccc2c(c1)OCO2)C(=O)c1c[nH]c2ccccc12. The Morgan fingerprint density at radius 1 is 1.15 bits per heavy atom. The standard InChI is InChI=1S/C21H19NO5/c1-13(21(24)16-11-22-17-5-3-2-4-15(16)17)27-20(23)9-7-14-6-8-18-19(10-14)26-12-25-18/h2-6,8,10-11,13,22H,7,9,12H2,1H3. The summed E-state index contributed by atoms with van der Waals surface area (Å²) >= 11 is 0. The van der Waals surface area contributed by atoms with Crippen LogP contribution in [0.1, 0.15) is 29.3 Å². The summed E-state index contributed by atoms with van der Waals surface area (Å²) in [5, 5.41) is 0.825. The van der Waals surface area contributed by atoms with Crippen molar-refractivity contribution in [2.24, 2.45) is 0 Å². The number of esters is 1. The Bertz CT molecular complexity index is 1010. The zero-order valence-corrected chi connectivity index (χ0v) is 14.9. The van der Waals surface area contributed by atoms with Crippen molar-refractivity contribution in [1.82, 2.24) is 4.98 Å². The third-order valence-electron chi connectivity index (χ3n) is 4.59. The molecule has 0 amide bonds. The number of ether oxygens (including phenoxy) is 3. The van der Waals surface area contributed by atoms with Crippen LogP contribution in [0.15, 0.2) is 48.7 Å². The molecule has 1 atom stereocenters. The Hall–Kier alpha value is -3.28. The highest BCUT2D eigenvalue weighted by Gasteiger charge is 2.22. The number of carbonyl (C=O) groups is 2. The minimum atomic E-state index is -0.839. The van der Waals surface area contributed by atoms with Gasteiger partial charge in [0.15, 0.2) is 17.6 Å². The zero-order valence-electron chi connectivity index (χ0n) is 14.9. The van der Waals surface area contributed by atoms with E-state index in [4.69, 9.17) is 14.2 Å². The molecule has 0 fully saturated rings. The molecule has 6 heteroatoms. The summed E-state index contributed by atoms with van der Waals surface area (Å²) in [6.07, 6.45) is 1.51. The maximum Gasteiger partial charge on any atom is 0.306 e. The lowest BCUT2D eigenvalue weighted by atomic mass is 10.1. The number of nitrogens with one attached hydrogen (secondary N) is 1. The molecule has 1 aliphatic rings. The van der Waals surface area contributed by atoms with Gasteiger partial charge in [-0.15, -0.1) is 0 Å². The van der Waals surface area contributed by atoms with Gasteiger partial charge in [0.2, 0.25) is 12.6 Å². The molecule has 2 aromatic carbocycles. The molecule has 0 saturated carbocycles. The van der Waals surface area contributed by atoms with Crippen molar-refractivity contribution in [3.8, 4) is 11.5 Å². The molecule has 0 radical (unpaired) electrons. The van der Waals surface area contributed by atoms with E-state index in [2.05, 4.69) is 4.98 Å². The van der Waals surface area contributed by atoms with Crippen LogP contribution in [0.2, 0.25) is 0 Å². The van der Waals surface area contributed by atoms with Gasteiger partial charge in [-0.1, -0.05) is 24.3 Å². The first-order valence-corrected chi connectivity index (χ1v) is 8.80. The van der Waals surface area contributed by atoms with Crippen LogP contribution in [0.25, 0.3) is 10.9 Å². The fraction of sp³-hybridized carbons (Fsp3) is 0.238. The van der Waals surface area contributed by atoms with Crippen LogP contribution in [-0.4, -0.2) is 29.6 Å². The number of H-pyrrole nitrogens is 1. The Morgan fingerprint density at radius 2 is 1.96 bits per heavy atom. The van der Waals surface area contributed by atoms with E-state index in [0.717, 1.165) is 16.5 Å². The van der Waals surface area contributed by atoms with Crippen LogP contribution in [-0.2, 0) is 16.0 Å². The van der Waals surface area contributed by atoms with Gasteiger partial charge in [-0.25, -0.2) is 0 Å². The summed E-state index contributed by atoms with van der Waals surface area (Å²) in [5.41, 5.74) is 2.36. The average Bonchev–Trinajstić information content (AvgIpc) is 3.32. The lowest BCUT2D eigenvalue weighted by Crippen LogP contribution is -2.24. The summed E-state index contributed by atoms with van der Waals surface area (Å²) in [6, 6.07) is 13.1. The third-order valence-corrected chi connectivity index (χ3v) is 4.59. The molecule has 1 unspecified atom stereocenters. The first kappa shape index (κ1) is 17.1. The highest BCUT2D eigenvalue weighted by molar-refractivity contribution is 6.10. The Balaban J connectivity index is 1.35. The molecular formula is C21H19NO5. The summed E-state index contributed by atoms with van der Waals surface area (Å²) in [7, 11) is 0. The summed E-state index contributed by atoms with van der Waals surface area (Å²) in [6.45, 7) is 1.82. The van der Waals surface area contributed by atoms with Crippen molar-refractivity contribution in [2.75, 3.05) is 6.79 Å². The van der Waals surface area contributed by atoms with Gasteiger partial charge in [0.25, 0.3) is 0 Å². The molecule has 3 aromatic rings. The summed E-state index contributed by atoms with van der Waals surface area (Å²) < 4.78 is 15.9. The molecular weight excluding hydrogens is 346 g/mol. The highest BCUT2D eigenvalue weighted by atomic mass is 16.7. The van der Waals surface area contributed by atoms with Crippen LogP contribution in [0.3, 0.4) is 0 Å². The second kappa shape index (κ2) is 7.15. The summed E-state index contributed by atoms with van der Waals surface area (Å²) in [5.74, 6) is 0.764. The fourth-order valence-corrected chi connectivity index (χ4v) is 3.15. The van der Waals surface area contributed by atoms with Gasteiger partial charge >= 0.3 is 5.97 Å². The first-order chi connectivity index (χ1) is 13.1. The number of fused-ring (bicyclic) bond motifs is 2. The maximum atomic E-state index is 12.6. The van der Waals surface area contributed by atoms with Crippen LogP contribution < -0.4 is 9.47 Å². The van der Waals surface area contributed by atoms with E-state index in [1.165, 1.54) is 0 Å². The molecule has 1 aliphatic heterocycles. The van der Waals surface area contributed by atoms with Crippen molar-refractivity contribution in [3.05, 3.63) is 59.8 Å². The van der Waals surface area contributed by atoms with Crippen LogP contribution in [0.5, 0.6) is 11.5 Å². The number of ketones is 1. The van der Waals surface area contributed by atoms with E-state index >= 15 is 0 Å². The van der Waals surface area contributed by atoms with Crippen molar-refractivity contribution in [2.45, 2.75) is 25.9 Å². The number of hydrogen-bond donors (Lipinski definition) is 1. The molecule has 138 valence electrons. The monoisotopic (exact) mass is 365 g/mol. The lowest BCUT2D eigenvalue weighted by Gasteiger charge is -2.12. The number of Topliss-reactive ketones (excluding diaryl/α,β-unsaturated/α-hetero) is 1. The van der Waals surface area contributed by atoms with Gasteiger partial charge < -0.3 is 19.2 Å². The number of rotatable bonds is 6. The molecule has 6 nitrogen and oxygen atoms in total. The van der Waals surface area contributed by atoms with Gasteiger partial charge in [-0.3, -0.25) is 9.59 Å². The molecule has 1 aromatic heterocycles. The van der Waals surface area contributed by atoms with E-state index in [-0.39, 0.29) is 19.0 Å². The van der Waals surface area contributed by atoms with Crippen molar-refractivity contribution in [1.29, 1.82) is 0 Å². The minimum absolute atomic E-state index is 0.186. The Morgan fingerprint density at radius 3 is 2.85 bits per heavy atom. The predicted molar refractivity (Wildman–Crippen MR) is 99.1 cm³/mol. The number of aromatic amines is 1.